The van der Waals surface area contributed by atoms with Gasteiger partial charge in [0.15, 0.2) is 0 Å². The van der Waals surface area contributed by atoms with Crippen LogP contribution < -0.4 is 16.0 Å². The summed E-state index contributed by atoms with van der Waals surface area (Å²) in [4.78, 5) is 35.1. The van der Waals surface area contributed by atoms with Crippen LogP contribution in [0.4, 0.5) is 11.5 Å². The number of amides is 2. The second kappa shape index (κ2) is 7.96. The van der Waals surface area contributed by atoms with Crippen LogP contribution in [0.5, 0.6) is 0 Å². The summed E-state index contributed by atoms with van der Waals surface area (Å²) in [5.41, 5.74) is 8.80. The van der Waals surface area contributed by atoms with Crippen LogP contribution in [0.3, 0.4) is 0 Å². The normalized spacial score (nSPS) is 19.0. The number of hydrogen-bond donors (Lipinski definition) is 2. The number of pyridine rings is 2. The van der Waals surface area contributed by atoms with Crippen molar-refractivity contribution in [3.8, 4) is 0 Å². The van der Waals surface area contributed by atoms with Crippen LogP contribution in [0.25, 0.3) is 0 Å². The number of aryl methyl sites for hydroxylation is 2. The minimum absolute atomic E-state index is 0.134. The lowest BCUT2D eigenvalue weighted by Crippen LogP contribution is -2.41. The van der Waals surface area contributed by atoms with Crippen molar-refractivity contribution in [2.75, 3.05) is 23.3 Å². The van der Waals surface area contributed by atoms with E-state index >= 15 is 0 Å². The molecule has 1 aliphatic carbocycles. The van der Waals surface area contributed by atoms with Gasteiger partial charge in [-0.25, -0.2) is 9.97 Å². The van der Waals surface area contributed by atoms with E-state index in [-0.39, 0.29) is 17.7 Å². The summed E-state index contributed by atoms with van der Waals surface area (Å²) in [6, 6.07) is 7.49. The summed E-state index contributed by atoms with van der Waals surface area (Å²) in [5, 5.41) is 2.87. The van der Waals surface area contributed by atoms with Crippen molar-refractivity contribution in [2.24, 2.45) is 11.7 Å². The molecule has 146 valence electrons. The van der Waals surface area contributed by atoms with Gasteiger partial charge in [-0.1, -0.05) is 6.07 Å². The molecule has 0 radical (unpaired) electrons. The van der Waals surface area contributed by atoms with E-state index in [9.17, 15) is 9.59 Å². The monoisotopic (exact) mass is 379 g/mol. The molecular formula is C21H25N5O2. The Balaban J connectivity index is 1.41. The minimum Gasteiger partial charge on any atom is -0.369 e. The molecule has 3 heterocycles. The number of hydrogen-bond acceptors (Lipinski definition) is 5. The lowest BCUT2D eigenvalue weighted by molar-refractivity contribution is -0.122. The number of fused-ring (bicyclic) bond motifs is 1. The van der Waals surface area contributed by atoms with E-state index in [1.54, 1.807) is 12.3 Å². The smallest absolute Gasteiger partial charge is 0.274 e. The molecule has 0 spiro atoms. The van der Waals surface area contributed by atoms with Crippen LogP contribution in [-0.4, -0.2) is 34.9 Å². The number of nitrogens with zero attached hydrogens (tertiary/aromatic N) is 3. The number of carbonyl (C=O) groups is 2. The highest BCUT2D eigenvalue weighted by molar-refractivity contribution is 6.02. The molecule has 1 atom stereocenters. The van der Waals surface area contributed by atoms with E-state index in [0.29, 0.717) is 17.9 Å². The molecule has 2 amide bonds. The highest BCUT2D eigenvalue weighted by Crippen LogP contribution is 2.23. The van der Waals surface area contributed by atoms with Crippen molar-refractivity contribution in [2.45, 2.75) is 38.5 Å². The van der Waals surface area contributed by atoms with Crippen molar-refractivity contribution in [1.29, 1.82) is 0 Å². The third kappa shape index (κ3) is 3.98. The second-order valence-corrected chi connectivity index (χ2v) is 7.56. The Morgan fingerprint density at radius 2 is 1.96 bits per heavy atom. The van der Waals surface area contributed by atoms with Gasteiger partial charge in [-0.15, -0.1) is 0 Å². The zero-order valence-corrected chi connectivity index (χ0v) is 15.9. The van der Waals surface area contributed by atoms with Gasteiger partial charge in [0.25, 0.3) is 5.91 Å². The molecule has 0 bridgehead atoms. The van der Waals surface area contributed by atoms with Gasteiger partial charge in [0, 0.05) is 18.8 Å². The van der Waals surface area contributed by atoms with Gasteiger partial charge in [0.2, 0.25) is 5.91 Å². The molecule has 28 heavy (non-hydrogen) atoms. The van der Waals surface area contributed by atoms with Gasteiger partial charge in [-0.3, -0.25) is 9.59 Å². The van der Waals surface area contributed by atoms with Gasteiger partial charge in [-0.2, -0.15) is 0 Å². The number of anilines is 2. The molecule has 1 saturated heterocycles. The van der Waals surface area contributed by atoms with E-state index in [2.05, 4.69) is 20.2 Å². The van der Waals surface area contributed by atoms with Crippen molar-refractivity contribution in [3.63, 3.8) is 0 Å². The zero-order valence-electron chi connectivity index (χ0n) is 15.9. The zero-order chi connectivity index (χ0) is 19.5. The average Bonchev–Trinajstić information content (AvgIpc) is 2.74. The third-order valence-electron chi connectivity index (χ3n) is 5.56. The Bertz CT molecular complexity index is 881. The van der Waals surface area contributed by atoms with E-state index in [4.69, 9.17) is 5.73 Å². The molecule has 1 aliphatic heterocycles. The molecule has 2 aromatic heterocycles. The Morgan fingerprint density at radius 3 is 2.75 bits per heavy atom. The van der Waals surface area contributed by atoms with Crippen LogP contribution >= 0.6 is 0 Å². The van der Waals surface area contributed by atoms with Crippen molar-refractivity contribution in [3.05, 3.63) is 47.4 Å². The standard InChI is InChI=1S/C21H25N5O2/c22-20(27)15-5-3-11-26(13-15)19-10-8-16(12-23-19)24-21(28)18-9-7-14-4-1-2-6-17(14)25-18/h7-10,12,15H,1-6,11,13H2,(H2,22,27)(H,24,28)/t15-/m0/s1. The number of piperidine rings is 1. The van der Waals surface area contributed by atoms with Crippen molar-refractivity contribution < 1.29 is 9.59 Å². The fraction of sp³-hybridized carbons (Fsp3) is 0.429. The molecule has 4 rings (SSSR count). The number of nitrogens with two attached hydrogens (primary N) is 1. The summed E-state index contributed by atoms with van der Waals surface area (Å²) < 4.78 is 0. The molecule has 0 saturated carbocycles. The highest BCUT2D eigenvalue weighted by Gasteiger charge is 2.24. The molecule has 0 aromatic carbocycles. The van der Waals surface area contributed by atoms with E-state index < -0.39 is 0 Å². The fourth-order valence-corrected chi connectivity index (χ4v) is 3.97. The first-order valence-corrected chi connectivity index (χ1v) is 9.90. The van der Waals surface area contributed by atoms with Gasteiger partial charge in [-0.05, 0) is 62.3 Å². The van der Waals surface area contributed by atoms with Crippen LogP contribution in [0.2, 0.25) is 0 Å². The Kier molecular flexibility index (Phi) is 5.23. The number of carbonyl (C=O) groups excluding carboxylic acids is 2. The number of primary amides is 1. The van der Waals surface area contributed by atoms with Gasteiger partial charge in [0.1, 0.15) is 11.5 Å². The molecule has 7 heteroatoms. The van der Waals surface area contributed by atoms with Crippen LogP contribution in [0.1, 0.15) is 47.4 Å². The molecule has 0 unspecified atom stereocenters. The van der Waals surface area contributed by atoms with Crippen molar-refractivity contribution >= 4 is 23.3 Å². The molecule has 1 fully saturated rings. The summed E-state index contributed by atoms with van der Waals surface area (Å²) in [6.45, 7) is 1.44. The molecule has 3 N–H and O–H groups in total. The molecule has 7 nitrogen and oxygen atoms in total. The van der Waals surface area contributed by atoms with Gasteiger partial charge < -0.3 is 16.0 Å². The summed E-state index contributed by atoms with van der Waals surface area (Å²) in [6.07, 6.45) is 7.68. The molecular weight excluding hydrogens is 354 g/mol. The predicted octanol–water partition coefficient (Wildman–Crippen LogP) is 2.31. The van der Waals surface area contributed by atoms with E-state index in [1.807, 2.05) is 18.2 Å². The lowest BCUT2D eigenvalue weighted by atomic mass is 9.96. The summed E-state index contributed by atoms with van der Waals surface area (Å²) >= 11 is 0. The number of rotatable bonds is 4. The van der Waals surface area contributed by atoms with Crippen LogP contribution in [-0.2, 0) is 17.6 Å². The Hall–Kier alpha value is -2.96. The maximum absolute atomic E-state index is 12.5. The fourth-order valence-electron chi connectivity index (χ4n) is 3.97. The summed E-state index contributed by atoms with van der Waals surface area (Å²) in [5.74, 6) is 0.168. The van der Waals surface area contributed by atoms with Crippen molar-refractivity contribution in [1.82, 2.24) is 9.97 Å². The van der Waals surface area contributed by atoms with Gasteiger partial charge >= 0.3 is 0 Å². The van der Waals surface area contributed by atoms with E-state index in [1.165, 1.54) is 12.0 Å². The second-order valence-electron chi connectivity index (χ2n) is 7.56. The van der Waals surface area contributed by atoms with Crippen LogP contribution in [0.15, 0.2) is 30.5 Å². The first kappa shape index (κ1) is 18.4. The Labute approximate surface area is 164 Å². The highest BCUT2D eigenvalue weighted by atomic mass is 16.2. The molecule has 2 aliphatic rings. The summed E-state index contributed by atoms with van der Waals surface area (Å²) in [7, 11) is 0. The van der Waals surface area contributed by atoms with Crippen LogP contribution in [0, 0.1) is 5.92 Å². The molecule has 2 aromatic rings. The lowest BCUT2D eigenvalue weighted by Gasteiger charge is -2.32. The Morgan fingerprint density at radius 1 is 1.11 bits per heavy atom. The third-order valence-corrected chi connectivity index (χ3v) is 5.56. The van der Waals surface area contributed by atoms with E-state index in [0.717, 1.165) is 50.2 Å². The maximum atomic E-state index is 12.5. The maximum Gasteiger partial charge on any atom is 0.274 e. The first-order valence-electron chi connectivity index (χ1n) is 9.90. The topological polar surface area (TPSA) is 101 Å². The minimum atomic E-state index is -0.258. The predicted molar refractivity (Wildman–Crippen MR) is 107 cm³/mol. The first-order chi connectivity index (χ1) is 13.6. The number of nitrogens with one attached hydrogen (secondary N) is 1. The average molecular weight is 379 g/mol. The van der Waals surface area contributed by atoms with Gasteiger partial charge in [0.05, 0.1) is 17.8 Å². The largest absolute Gasteiger partial charge is 0.369 e. The SMILES string of the molecule is NC(=O)[C@H]1CCCN(c2ccc(NC(=O)c3ccc4c(n3)CCCC4)cn2)C1. The number of aromatic nitrogens is 2. The quantitative estimate of drug-likeness (QED) is 0.849.